The quantitative estimate of drug-likeness (QED) is 0.695. The van der Waals surface area contributed by atoms with Crippen LogP contribution in [0.1, 0.15) is 13.8 Å². The third-order valence-corrected chi connectivity index (χ3v) is 2.84. The van der Waals surface area contributed by atoms with Crippen molar-refractivity contribution in [3.8, 4) is 0 Å². The van der Waals surface area contributed by atoms with Gasteiger partial charge in [0.2, 0.25) is 0 Å². The fourth-order valence-electron chi connectivity index (χ4n) is 0.882. The first-order chi connectivity index (χ1) is 5.52. The highest BCUT2D eigenvalue weighted by Crippen LogP contribution is 2.29. The Morgan fingerprint density at radius 2 is 2.25 bits per heavy atom. The lowest BCUT2D eigenvalue weighted by Crippen LogP contribution is -2.06. The summed E-state index contributed by atoms with van der Waals surface area (Å²) in [6, 6.07) is 0. The van der Waals surface area contributed by atoms with E-state index in [0.29, 0.717) is 5.57 Å². The molecule has 66 valence electrons. The van der Waals surface area contributed by atoms with Crippen LogP contribution in [0.2, 0.25) is 0 Å². The highest BCUT2D eigenvalue weighted by Gasteiger charge is 2.27. The molecule has 1 heterocycles. The Morgan fingerprint density at radius 3 is 2.58 bits per heavy atom. The molecule has 1 rings (SSSR count). The smallest absolute Gasteiger partial charge is 0.335 e. The zero-order valence-electron chi connectivity index (χ0n) is 6.73. The van der Waals surface area contributed by atoms with Crippen LogP contribution in [0.25, 0.3) is 0 Å². The van der Waals surface area contributed by atoms with Gasteiger partial charge in [-0.15, -0.1) is 0 Å². The minimum atomic E-state index is -0.253. The van der Waals surface area contributed by atoms with Gasteiger partial charge in [-0.2, -0.15) is 0 Å². The van der Waals surface area contributed by atoms with Gasteiger partial charge in [-0.05, 0) is 24.4 Å². The van der Waals surface area contributed by atoms with Gasteiger partial charge in [-0.3, -0.25) is 0 Å². The van der Waals surface area contributed by atoms with E-state index in [1.807, 2.05) is 13.0 Å². The van der Waals surface area contributed by atoms with Gasteiger partial charge in [-0.1, -0.05) is 31.9 Å². The molecule has 1 atom stereocenters. The summed E-state index contributed by atoms with van der Waals surface area (Å²) in [6.45, 7) is 3.63. The monoisotopic (exact) mass is 294 g/mol. The third kappa shape index (κ3) is 1.98. The van der Waals surface area contributed by atoms with Crippen LogP contribution >= 0.6 is 31.9 Å². The Bertz CT molecular complexity index is 275. The number of hydrogen-bond donors (Lipinski definition) is 0. The molecule has 12 heavy (non-hydrogen) atoms. The minimum absolute atomic E-state index is 0.253. The molecule has 1 unspecified atom stereocenters. The molecule has 0 bridgehead atoms. The standard InChI is InChI=1S/C8H8Br2O2/c1-4(9)3-6-7(10)5(2)8(11)12-6/h3,6H,1-2H3. The fraction of sp³-hybridized carbons (Fsp3) is 0.375. The number of carbonyl (C=O) groups is 1. The molecule has 1 aliphatic rings. The van der Waals surface area contributed by atoms with E-state index in [2.05, 4.69) is 31.9 Å². The fourth-order valence-corrected chi connectivity index (χ4v) is 1.51. The summed E-state index contributed by atoms with van der Waals surface area (Å²) in [5.41, 5.74) is 0.644. The number of esters is 1. The third-order valence-electron chi connectivity index (χ3n) is 1.53. The zero-order valence-corrected chi connectivity index (χ0v) is 9.90. The molecule has 2 nitrogen and oxygen atoms in total. The second-order valence-electron chi connectivity index (χ2n) is 2.55. The first-order valence-electron chi connectivity index (χ1n) is 3.43. The number of rotatable bonds is 1. The van der Waals surface area contributed by atoms with E-state index < -0.39 is 0 Å². The molecule has 0 aromatic rings. The largest absolute Gasteiger partial charge is 0.449 e. The van der Waals surface area contributed by atoms with E-state index in [-0.39, 0.29) is 12.1 Å². The molecule has 0 aliphatic carbocycles. The second-order valence-corrected chi connectivity index (χ2v) is 4.66. The van der Waals surface area contributed by atoms with E-state index in [1.54, 1.807) is 6.92 Å². The lowest BCUT2D eigenvalue weighted by Gasteiger charge is -2.04. The Kier molecular flexibility index (Phi) is 3.12. The summed E-state index contributed by atoms with van der Waals surface area (Å²) in [5.74, 6) is -0.253. The van der Waals surface area contributed by atoms with Crippen molar-refractivity contribution in [2.24, 2.45) is 0 Å². The highest BCUT2D eigenvalue weighted by molar-refractivity contribution is 9.12. The molecule has 0 spiro atoms. The van der Waals surface area contributed by atoms with Crippen LogP contribution in [0.5, 0.6) is 0 Å². The van der Waals surface area contributed by atoms with E-state index in [1.165, 1.54) is 0 Å². The number of cyclic esters (lactones) is 1. The van der Waals surface area contributed by atoms with Crippen molar-refractivity contribution in [1.82, 2.24) is 0 Å². The van der Waals surface area contributed by atoms with Crippen LogP contribution in [0.15, 0.2) is 20.6 Å². The summed E-state index contributed by atoms with van der Waals surface area (Å²) in [7, 11) is 0. The van der Waals surface area contributed by atoms with Crippen molar-refractivity contribution in [2.45, 2.75) is 20.0 Å². The predicted molar refractivity (Wildman–Crippen MR) is 54.2 cm³/mol. The highest BCUT2D eigenvalue weighted by atomic mass is 79.9. The minimum Gasteiger partial charge on any atom is -0.449 e. The van der Waals surface area contributed by atoms with Gasteiger partial charge in [0.05, 0.1) is 0 Å². The maximum atomic E-state index is 11.0. The summed E-state index contributed by atoms with van der Waals surface area (Å²) in [4.78, 5) is 11.0. The van der Waals surface area contributed by atoms with Gasteiger partial charge < -0.3 is 4.74 Å². The summed E-state index contributed by atoms with van der Waals surface area (Å²) in [6.07, 6.45) is 1.58. The Morgan fingerprint density at radius 1 is 1.67 bits per heavy atom. The maximum absolute atomic E-state index is 11.0. The average molecular weight is 296 g/mol. The lowest BCUT2D eigenvalue weighted by molar-refractivity contribution is -0.138. The van der Waals surface area contributed by atoms with Crippen molar-refractivity contribution in [3.63, 3.8) is 0 Å². The van der Waals surface area contributed by atoms with Crippen molar-refractivity contribution in [3.05, 3.63) is 20.6 Å². The molecule has 0 N–H and O–H groups in total. The molecule has 0 amide bonds. The van der Waals surface area contributed by atoms with Gasteiger partial charge in [0, 0.05) is 10.1 Å². The predicted octanol–water partition coefficient (Wildman–Crippen LogP) is 2.88. The van der Waals surface area contributed by atoms with Crippen LogP contribution in [-0.4, -0.2) is 12.1 Å². The number of allylic oxidation sites excluding steroid dienone is 1. The van der Waals surface area contributed by atoms with Gasteiger partial charge >= 0.3 is 5.97 Å². The molecule has 0 fully saturated rings. The zero-order chi connectivity index (χ0) is 9.30. The topological polar surface area (TPSA) is 26.3 Å². The van der Waals surface area contributed by atoms with Crippen molar-refractivity contribution < 1.29 is 9.53 Å². The molecular formula is C8H8Br2O2. The number of carbonyl (C=O) groups excluding carboxylic acids is 1. The van der Waals surface area contributed by atoms with E-state index in [9.17, 15) is 4.79 Å². The summed E-state index contributed by atoms with van der Waals surface area (Å²) in [5, 5.41) is 0. The van der Waals surface area contributed by atoms with Crippen LogP contribution in [0.3, 0.4) is 0 Å². The van der Waals surface area contributed by atoms with E-state index in [0.717, 1.165) is 8.96 Å². The van der Waals surface area contributed by atoms with Crippen molar-refractivity contribution in [1.29, 1.82) is 0 Å². The SMILES string of the molecule is CC(Br)=CC1OC(=O)C(C)=C1Br. The second kappa shape index (κ2) is 3.75. The lowest BCUT2D eigenvalue weighted by atomic mass is 10.2. The molecule has 0 saturated heterocycles. The molecule has 1 aliphatic heterocycles. The van der Waals surface area contributed by atoms with Crippen LogP contribution in [-0.2, 0) is 9.53 Å². The van der Waals surface area contributed by atoms with Crippen molar-refractivity contribution >= 4 is 37.8 Å². The average Bonchev–Trinajstić information content (AvgIpc) is 2.17. The first-order valence-corrected chi connectivity index (χ1v) is 5.02. The van der Waals surface area contributed by atoms with Gasteiger partial charge in [0.15, 0.2) is 6.10 Å². The number of halogens is 2. The van der Waals surface area contributed by atoms with Crippen LogP contribution < -0.4 is 0 Å². The van der Waals surface area contributed by atoms with Gasteiger partial charge in [-0.25, -0.2) is 4.79 Å². The van der Waals surface area contributed by atoms with Gasteiger partial charge in [0.1, 0.15) is 0 Å². The van der Waals surface area contributed by atoms with Crippen LogP contribution in [0.4, 0.5) is 0 Å². The molecule has 0 saturated carbocycles. The number of ether oxygens (including phenoxy) is 1. The Balaban J connectivity index is 2.88. The molecular weight excluding hydrogens is 288 g/mol. The van der Waals surface area contributed by atoms with Gasteiger partial charge in [0.25, 0.3) is 0 Å². The Hall–Kier alpha value is -0.0900. The molecule has 0 aromatic carbocycles. The normalized spacial score (nSPS) is 24.8. The molecule has 0 radical (unpaired) electrons. The van der Waals surface area contributed by atoms with Crippen LogP contribution in [0, 0.1) is 0 Å². The summed E-state index contributed by atoms with van der Waals surface area (Å²) < 4.78 is 6.79. The maximum Gasteiger partial charge on any atom is 0.335 e. The van der Waals surface area contributed by atoms with E-state index in [4.69, 9.17) is 4.74 Å². The molecule has 4 heteroatoms. The van der Waals surface area contributed by atoms with E-state index >= 15 is 0 Å². The van der Waals surface area contributed by atoms with Crippen molar-refractivity contribution in [2.75, 3.05) is 0 Å². The molecule has 0 aromatic heterocycles. The number of hydrogen-bond acceptors (Lipinski definition) is 2. The Labute approximate surface area is 87.9 Å². The summed E-state index contributed by atoms with van der Waals surface area (Å²) >= 11 is 6.59. The first kappa shape index (κ1) is 9.99.